The largest absolute Gasteiger partial charge is 0.383 e. The minimum atomic E-state index is -0.718. The monoisotopic (exact) mass is 432 g/mol. The molecule has 5 rings (SSSR count). The summed E-state index contributed by atoms with van der Waals surface area (Å²) in [6.45, 7) is 2.60. The third kappa shape index (κ3) is 3.24. The Hall–Kier alpha value is -3.95. The Balaban J connectivity index is 1.46. The SMILES string of the molecule is CC1CCC(c2cccc3c2cnn3C)N(C(=O)C(=O)Nc2cnc(N)c3cn[nH]c23)C1. The van der Waals surface area contributed by atoms with Gasteiger partial charge in [0.1, 0.15) is 5.82 Å². The minimum Gasteiger partial charge on any atom is -0.383 e. The standard InChI is InChI=1S/C22H24N8O2/c1-12-6-7-18(13-4-3-5-17-14(13)9-26-29(17)2)30(11-12)22(32)21(31)27-16-10-24-20(23)15-8-25-28-19(15)16/h3-5,8-10,12,18H,6-7,11H2,1-2H3,(H2,23,24)(H,25,28)(H,27,31). The number of nitrogens with one attached hydrogen (secondary N) is 2. The average molecular weight is 432 g/mol. The average Bonchev–Trinajstić information content (AvgIpc) is 3.43. The van der Waals surface area contributed by atoms with Crippen molar-refractivity contribution in [3.63, 3.8) is 0 Å². The molecule has 0 radical (unpaired) electrons. The molecule has 4 N–H and O–H groups in total. The first kappa shape index (κ1) is 20.0. The second-order valence-corrected chi connectivity index (χ2v) is 8.37. The summed E-state index contributed by atoms with van der Waals surface area (Å²) in [5, 5.41) is 15.4. The minimum absolute atomic E-state index is 0.200. The number of hydrogen-bond donors (Lipinski definition) is 3. The van der Waals surface area contributed by atoms with Crippen LogP contribution < -0.4 is 11.1 Å². The van der Waals surface area contributed by atoms with Crippen molar-refractivity contribution in [1.82, 2.24) is 29.9 Å². The van der Waals surface area contributed by atoms with Gasteiger partial charge in [0.05, 0.1) is 46.7 Å². The number of fused-ring (bicyclic) bond motifs is 2. The van der Waals surface area contributed by atoms with Gasteiger partial charge in [-0.1, -0.05) is 19.1 Å². The fourth-order valence-electron chi connectivity index (χ4n) is 4.55. The van der Waals surface area contributed by atoms with Gasteiger partial charge in [0.2, 0.25) is 0 Å². The van der Waals surface area contributed by atoms with E-state index >= 15 is 0 Å². The number of carbonyl (C=O) groups is 2. The van der Waals surface area contributed by atoms with E-state index < -0.39 is 11.8 Å². The number of piperidine rings is 1. The fraction of sp³-hybridized carbons (Fsp3) is 0.318. The number of amides is 2. The number of anilines is 2. The first-order valence-corrected chi connectivity index (χ1v) is 10.5. The van der Waals surface area contributed by atoms with E-state index in [1.807, 2.05) is 36.1 Å². The molecule has 2 amide bonds. The topological polar surface area (TPSA) is 135 Å². The Labute approximate surface area is 183 Å². The van der Waals surface area contributed by atoms with E-state index in [-0.39, 0.29) is 6.04 Å². The van der Waals surface area contributed by atoms with Crippen molar-refractivity contribution in [2.45, 2.75) is 25.8 Å². The summed E-state index contributed by atoms with van der Waals surface area (Å²) in [4.78, 5) is 32.1. The first-order chi connectivity index (χ1) is 15.4. The van der Waals surface area contributed by atoms with Crippen molar-refractivity contribution in [3.05, 3.63) is 42.4 Å². The van der Waals surface area contributed by atoms with Gasteiger partial charge in [-0.05, 0) is 30.4 Å². The number of aromatic nitrogens is 5. The second kappa shape index (κ2) is 7.63. The van der Waals surface area contributed by atoms with Crippen LogP contribution in [0, 0.1) is 5.92 Å². The summed E-state index contributed by atoms with van der Waals surface area (Å²) < 4.78 is 1.81. The first-order valence-electron chi connectivity index (χ1n) is 10.5. The molecular formula is C22H24N8O2. The number of carbonyl (C=O) groups excluding carboxylic acids is 2. The molecule has 0 saturated carbocycles. The zero-order chi connectivity index (χ0) is 22.4. The third-order valence-electron chi connectivity index (χ3n) is 6.22. The van der Waals surface area contributed by atoms with E-state index in [2.05, 4.69) is 32.5 Å². The number of benzene rings is 1. The molecule has 2 atom stereocenters. The number of likely N-dealkylation sites (tertiary alicyclic amines) is 1. The molecule has 1 aliphatic rings. The summed E-state index contributed by atoms with van der Waals surface area (Å²) in [7, 11) is 1.89. The Morgan fingerprint density at radius 3 is 2.88 bits per heavy atom. The molecule has 10 nitrogen and oxygen atoms in total. The Morgan fingerprint density at radius 1 is 1.19 bits per heavy atom. The number of nitrogens with two attached hydrogens (primary N) is 1. The summed E-state index contributed by atoms with van der Waals surface area (Å²) >= 11 is 0. The van der Waals surface area contributed by atoms with Gasteiger partial charge < -0.3 is 16.0 Å². The van der Waals surface area contributed by atoms with E-state index in [9.17, 15) is 9.59 Å². The van der Waals surface area contributed by atoms with Crippen LogP contribution in [0.2, 0.25) is 0 Å². The van der Waals surface area contributed by atoms with E-state index in [0.717, 1.165) is 29.3 Å². The molecule has 4 heterocycles. The maximum atomic E-state index is 13.3. The number of hydrogen-bond acceptors (Lipinski definition) is 6. The van der Waals surface area contributed by atoms with Gasteiger partial charge in [0, 0.05) is 19.0 Å². The number of aromatic amines is 1. The van der Waals surface area contributed by atoms with Gasteiger partial charge in [0.25, 0.3) is 0 Å². The van der Waals surface area contributed by atoms with E-state index in [1.165, 1.54) is 12.4 Å². The molecule has 1 aliphatic heterocycles. The summed E-state index contributed by atoms with van der Waals surface area (Å²) in [6, 6.07) is 5.78. The molecule has 2 unspecified atom stereocenters. The molecule has 1 aromatic carbocycles. The van der Waals surface area contributed by atoms with Gasteiger partial charge in [-0.3, -0.25) is 19.4 Å². The van der Waals surface area contributed by atoms with Gasteiger partial charge in [0.15, 0.2) is 0 Å². The van der Waals surface area contributed by atoms with Crippen LogP contribution in [0.3, 0.4) is 0 Å². The van der Waals surface area contributed by atoms with Crippen molar-refractivity contribution in [2.24, 2.45) is 13.0 Å². The summed E-state index contributed by atoms with van der Waals surface area (Å²) in [6.07, 6.45) is 6.53. The molecule has 0 bridgehead atoms. The normalized spacial score (nSPS) is 18.9. The molecule has 3 aromatic heterocycles. The second-order valence-electron chi connectivity index (χ2n) is 8.37. The third-order valence-corrected chi connectivity index (χ3v) is 6.22. The van der Waals surface area contributed by atoms with Crippen molar-refractivity contribution >= 4 is 45.1 Å². The molecular weight excluding hydrogens is 408 g/mol. The molecule has 1 saturated heterocycles. The highest BCUT2D eigenvalue weighted by Gasteiger charge is 2.35. The maximum absolute atomic E-state index is 13.3. The molecule has 0 spiro atoms. The Morgan fingerprint density at radius 2 is 2.03 bits per heavy atom. The van der Waals surface area contributed by atoms with E-state index in [0.29, 0.717) is 34.9 Å². The van der Waals surface area contributed by atoms with E-state index in [1.54, 1.807) is 4.90 Å². The lowest BCUT2D eigenvalue weighted by molar-refractivity contribution is -0.146. The zero-order valence-corrected chi connectivity index (χ0v) is 17.9. The lowest BCUT2D eigenvalue weighted by Gasteiger charge is -2.38. The van der Waals surface area contributed by atoms with Gasteiger partial charge in [-0.2, -0.15) is 10.2 Å². The Kier molecular flexibility index (Phi) is 4.76. The van der Waals surface area contributed by atoms with Crippen molar-refractivity contribution in [3.8, 4) is 0 Å². The van der Waals surface area contributed by atoms with Crippen LogP contribution in [-0.2, 0) is 16.6 Å². The van der Waals surface area contributed by atoms with Gasteiger partial charge >= 0.3 is 11.8 Å². The van der Waals surface area contributed by atoms with Crippen LogP contribution in [0.15, 0.2) is 36.8 Å². The molecule has 164 valence electrons. The number of nitrogen functional groups attached to an aromatic ring is 1. The quantitative estimate of drug-likeness (QED) is 0.416. The Bertz CT molecular complexity index is 1340. The van der Waals surface area contributed by atoms with Gasteiger partial charge in [-0.25, -0.2) is 4.98 Å². The predicted octanol–water partition coefficient (Wildman–Crippen LogP) is 2.37. The molecule has 10 heteroatoms. The summed E-state index contributed by atoms with van der Waals surface area (Å²) in [5.74, 6) is -0.696. The summed E-state index contributed by atoms with van der Waals surface area (Å²) in [5.41, 5.74) is 8.75. The number of pyridine rings is 1. The number of aryl methyl sites for hydroxylation is 1. The number of H-pyrrole nitrogens is 1. The van der Waals surface area contributed by atoms with Crippen molar-refractivity contribution in [1.29, 1.82) is 0 Å². The highest BCUT2D eigenvalue weighted by molar-refractivity contribution is 6.40. The number of rotatable bonds is 2. The van der Waals surface area contributed by atoms with Crippen molar-refractivity contribution < 1.29 is 9.59 Å². The smallest absolute Gasteiger partial charge is 0.314 e. The fourth-order valence-corrected chi connectivity index (χ4v) is 4.55. The highest BCUT2D eigenvalue weighted by Crippen LogP contribution is 2.37. The van der Waals surface area contributed by atoms with Crippen molar-refractivity contribution in [2.75, 3.05) is 17.6 Å². The van der Waals surface area contributed by atoms with Crippen LogP contribution >= 0.6 is 0 Å². The van der Waals surface area contributed by atoms with Crippen LogP contribution in [0.4, 0.5) is 11.5 Å². The van der Waals surface area contributed by atoms with Gasteiger partial charge in [-0.15, -0.1) is 0 Å². The lowest BCUT2D eigenvalue weighted by atomic mass is 9.88. The van der Waals surface area contributed by atoms with Crippen LogP contribution in [-0.4, -0.2) is 48.2 Å². The van der Waals surface area contributed by atoms with Crippen LogP contribution in [0.1, 0.15) is 31.4 Å². The molecule has 32 heavy (non-hydrogen) atoms. The van der Waals surface area contributed by atoms with Crippen LogP contribution in [0.25, 0.3) is 21.8 Å². The molecule has 1 fully saturated rings. The maximum Gasteiger partial charge on any atom is 0.314 e. The predicted molar refractivity (Wildman–Crippen MR) is 120 cm³/mol. The van der Waals surface area contributed by atoms with Crippen LogP contribution in [0.5, 0.6) is 0 Å². The molecule has 0 aliphatic carbocycles. The molecule has 4 aromatic rings. The zero-order valence-electron chi connectivity index (χ0n) is 17.9. The van der Waals surface area contributed by atoms with E-state index in [4.69, 9.17) is 5.73 Å². The highest BCUT2D eigenvalue weighted by atomic mass is 16.2. The lowest BCUT2D eigenvalue weighted by Crippen LogP contribution is -2.46. The number of nitrogens with zero attached hydrogens (tertiary/aromatic N) is 5.